The number of rotatable bonds is 4. The van der Waals surface area contributed by atoms with Gasteiger partial charge in [0.2, 0.25) is 20.9 Å². The third kappa shape index (κ3) is 3.02. The highest BCUT2D eigenvalue weighted by Gasteiger charge is 2.21. The van der Waals surface area contributed by atoms with E-state index in [4.69, 9.17) is 9.47 Å². The summed E-state index contributed by atoms with van der Waals surface area (Å²) in [5.74, 6) is 1.50. The summed E-state index contributed by atoms with van der Waals surface area (Å²) in [5.41, 5.74) is 3.60. The second kappa shape index (κ2) is 7.14. The van der Waals surface area contributed by atoms with Gasteiger partial charge in [-0.15, -0.1) is 0 Å². The van der Waals surface area contributed by atoms with Crippen LogP contribution in [0.1, 0.15) is 0 Å². The molecule has 0 bridgehead atoms. The summed E-state index contributed by atoms with van der Waals surface area (Å²) in [7, 11) is 3.35. The lowest BCUT2D eigenvalue weighted by Gasteiger charge is -2.09. The Morgan fingerprint density at radius 1 is 0.654 bits per heavy atom. The summed E-state index contributed by atoms with van der Waals surface area (Å²) in [6.45, 7) is 0. The van der Waals surface area contributed by atoms with Crippen LogP contribution in [-0.2, 0) is 0 Å². The van der Waals surface area contributed by atoms with E-state index in [1.54, 1.807) is 25.6 Å². The summed E-state index contributed by atoms with van der Waals surface area (Å²) < 4.78 is 12.2. The van der Waals surface area contributed by atoms with Gasteiger partial charge in [-0.3, -0.25) is 0 Å². The molecule has 1 aromatic heterocycles. The van der Waals surface area contributed by atoms with Gasteiger partial charge in [-0.05, 0) is 23.8 Å². The molecular formula is C23H19O2S+. The van der Waals surface area contributed by atoms with E-state index in [1.807, 2.05) is 12.1 Å². The molecule has 0 aliphatic rings. The van der Waals surface area contributed by atoms with Crippen molar-refractivity contribution in [1.29, 1.82) is 0 Å². The van der Waals surface area contributed by atoms with Gasteiger partial charge in [0.15, 0.2) is 11.5 Å². The summed E-state index contributed by atoms with van der Waals surface area (Å²) in [4.78, 5) is 1.23. The molecule has 0 amide bonds. The molecule has 0 atom stereocenters. The molecule has 0 fully saturated rings. The van der Waals surface area contributed by atoms with Crippen LogP contribution in [0.15, 0.2) is 78.9 Å². The summed E-state index contributed by atoms with van der Waals surface area (Å²) in [5, 5.41) is 1.17. The van der Waals surface area contributed by atoms with Crippen LogP contribution in [0.3, 0.4) is 0 Å². The van der Waals surface area contributed by atoms with E-state index in [9.17, 15) is 0 Å². The summed E-state index contributed by atoms with van der Waals surface area (Å²) >= 11 is 1.76. The Hall–Kier alpha value is -2.91. The minimum Gasteiger partial charge on any atom is -0.493 e. The van der Waals surface area contributed by atoms with Crippen LogP contribution in [-0.4, -0.2) is 14.2 Å². The Morgan fingerprint density at radius 3 is 1.85 bits per heavy atom. The summed E-state index contributed by atoms with van der Waals surface area (Å²) in [6.07, 6.45) is 0. The number of fused-ring (bicyclic) bond motifs is 1. The first-order valence-electron chi connectivity index (χ1n) is 8.44. The molecule has 3 heteroatoms. The molecule has 0 saturated heterocycles. The standard InChI is InChI=1S/C23H19O2S/c1-24-20-13-19-18(16-9-5-3-6-10-16)14-22(17-11-7-4-8-12-17)26-23(19)15-21(20)25-2/h3-15H,1-2H3/q+1. The molecule has 128 valence electrons. The monoisotopic (exact) mass is 359 g/mol. The highest BCUT2D eigenvalue weighted by atomic mass is 32.1. The highest BCUT2D eigenvalue weighted by Crippen LogP contribution is 2.42. The zero-order chi connectivity index (χ0) is 17.9. The van der Waals surface area contributed by atoms with Crippen molar-refractivity contribution in [2.45, 2.75) is 0 Å². The van der Waals surface area contributed by atoms with Gasteiger partial charge in [0.05, 0.1) is 25.7 Å². The van der Waals surface area contributed by atoms with E-state index in [0.717, 1.165) is 11.5 Å². The fraction of sp³-hybridized carbons (Fsp3) is 0.0870. The molecule has 0 unspecified atom stereocenters. The molecule has 2 nitrogen and oxygen atoms in total. The predicted molar refractivity (Wildman–Crippen MR) is 110 cm³/mol. The highest BCUT2D eigenvalue weighted by molar-refractivity contribution is 7.21. The van der Waals surface area contributed by atoms with Gasteiger partial charge >= 0.3 is 0 Å². The fourth-order valence-electron chi connectivity index (χ4n) is 3.11. The summed E-state index contributed by atoms with van der Waals surface area (Å²) in [6, 6.07) is 27.4. The number of benzene rings is 3. The van der Waals surface area contributed by atoms with Gasteiger partial charge in [-0.1, -0.05) is 48.5 Å². The zero-order valence-electron chi connectivity index (χ0n) is 14.7. The molecule has 4 aromatic rings. The van der Waals surface area contributed by atoms with Gasteiger partial charge in [-0.2, -0.15) is 0 Å². The van der Waals surface area contributed by atoms with Crippen LogP contribution in [0.5, 0.6) is 11.5 Å². The Kier molecular flexibility index (Phi) is 4.55. The molecule has 0 saturated carbocycles. The van der Waals surface area contributed by atoms with Crippen LogP contribution in [0.4, 0.5) is 0 Å². The minimum atomic E-state index is 0.747. The van der Waals surface area contributed by atoms with E-state index in [0.29, 0.717) is 0 Å². The Bertz CT molecular complexity index is 1040. The largest absolute Gasteiger partial charge is 0.493 e. The SMILES string of the molecule is COc1cc2[s+]c(-c3ccccc3)cc(-c3ccccc3)c2cc1OC. The first kappa shape index (κ1) is 16.6. The Labute approximate surface area is 157 Å². The van der Waals surface area contributed by atoms with Crippen molar-refractivity contribution in [3.63, 3.8) is 0 Å². The maximum absolute atomic E-state index is 5.53. The minimum absolute atomic E-state index is 0.747. The Morgan fingerprint density at radius 2 is 1.23 bits per heavy atom. The number of methoxy groups -OCH3 is 2. The molecule has 0 N–H and O–H groups in total. The first-order chi connectivity index (χ1) is 12.8. The smallest absolute Gasteiger partial charge is 0.243 e. The maximum Gasteiger partial charge on any atom is 0.243 e. The molecule has 0 aliphatic carbocycles. The molecule has 0 radical (unpaired) electrons. The van der Waals surface area contributed by atoms with Crippen molar-refractivity contribution in [3.05, 3.63) is 78.9 Å². The zero-order valence-corrected chi connectivity index (χ0v) is 15.5. The van der Waals surface area contributed by atoms with Crippen molar-refractivity contribution in [2.75, 3.05) is 14.2 Å². The van der Waals surface area contributed by atoms with Crippen LogP contribution in [0, 0.1) is 0 Å². The number of ether oxygens (including phenoxy) is 2. The average Bonchev–Trinajstić information content (AvgIpc) is 2.73. The third-order valence-electron chi connectivity index (χ3n) is 4.41. The maximum atomic E-state index is 5.53. The van der Waals surface area contributed by atoms with Gasteiger partial charge < -0.3 is 9.47 Å². The molecule has 3 aromatic carbocycles. The second-order valence-corrected chi connectivity index (χ2v) is 7.04. The number of hydrogen-bond acceptors (Lipinski definition) is 2. The first-order valence-corrected chi connectivity index (χ1v) is 9.25. The van der Waals surface area contributed by atoms with Crippen LogP contribution in [0.25, 0.3) is 31.7 Å². The Balaban J connectivity index is 2.05. The molecule has 1 heterocycles. The van der Waals surface area contributed by atoms with Crippen molar-refractivity contribution >= 4 is 21.4 Å². The average molecular weight is 359 g/mol. The van der Waals surface area contributed by atoms with Crippen molar-refractivity contribution < 1.29 is 9.47 Å². The lowest BCUT2D eigenvalue weighted by molar-refractivity contribution is 0.356. The molecule has 26 heavy (non-hydrogen) atoms. The van der Waals surface area contributed by atoms with Gasteiger partial charge in [0.25, 0.3) is 0 Å². The normalized spacial score (nSPS) is 10.7. The lowest BCUT2D eigenvalue weighted by atomic mass is 10.0. The van der Waals surface area contributed by atoms with Crippen molar-refractivity contribution in [3.8, 4) is 33.1 Å². The van der Waals surface area contributed by atoms with Gasteiger partial charge in [-0.25, -0.2) is 0 Å². The molecule has 4 rings (SSSR count). The van der Waals surface area contributed by atoms with Crippen molar-refractivity contribution in [2.24, 2.45) is 0 Å². The van der Waals surface area contributed by atoms with E-state index >= 15 is 0 Å². The van der Waals surface area contributed by atoms with E-state index in [2.05, 4.69) is 66.7 Å². The predicted octanol–water partition coefficient (Wildman–Crippen LogP) is 6.53. The molecule has 0 aliphatic heterocycles. The van der Waals surface area contributed by atoms with E-state index < -0.39 is 0 Å². The van der Waals surface area contributed by atoms with Crippen LogP contribution in [0.2, 0.25) is 0 Å². The van der Waals surface area contributed by atoms with Crippen molar-refractivity contribution in [1.82, 2.24) is 0 Å². The van der Waals surface area contributed by atoms with Gasteiger partial charge in [0, 0.05) is 17.2 Å². The van der Waals surface area contributed by atoms with E-state index in [-0.39, 0.29) is 0 Å². The second-order valence-electron chi connectivity index (χ2n) is 5.96. The molecular weight excluding hydrogens is 340 g/mol. The van der Waals surface area contributed by atoms with Gasteiger partial charge in [0.1, 0.15) is 0 Å². The third-order valence-corrected chi connectivity index (χ3v) is 5.55. The fourth-order valence-corrected chi connectivity index (χ4v) is 4.23. The van der Waals surface area contributed by atoms with Crippen LogP contribution >= 0.6 is 11.3 Å². The van der Waals surface area contributed by atoms with Crippen LogP contribution < -0.4 is 9.47 Å². The molecule has 0 spiro atoms. The topological polar surface area (TPSA) is 18.5 Å². The number of hydrogen-bond donors (Lipinski definition) is 0. The lowest BCUT2D eigenvalue weighted by Crippen LogP contribution is -1.91. The quantitative estimate of drug-likeness (QED) is 0.385. The van der Waals surface area contributed by atoms with E-state index in [1.165, 1.54) is 31.7 Å².